The van der Waals surface area contributed by atoms with E-state index in [1.165, 1.54) is 0 Å². The number of aliphatic carboxylic acids is 1. The Morgan fingerprint density at radius 1 is 1.45 bits per heavy atom. The molecule has 68 valence electrons. The smallest absolute Gasteiger partial charge is 0.0979 e. The maximum absolute atomic E-state index is 9.49. The average molecular weight is 163 g/mol. The topological polar surface area (TPSA) is 60.4 Å². The molecule has 0 aromatic carbocycles. The molecule has 4 heteroatoms. The van der Waals surface area contributed by atoms with E-state index in [9.17, 15) is 9.90 Å². The second-order valence-electron chi connectivity index (χ2n) is 3.06. The van der Waals surface area contributed by atoms with Crippen LogP contribution >= 0.6 is 0 Å². The Morgan fingerprint density at radius 2 is 1.73 bits per heavy atom. The summed E-state index contributed by atoms with van der Waals surface area (Å²) in [7, 11) is 5.04. The monoisotopic (exact) mass is 163 g/mol. The highest BCUT2D eigenvalue weighted by Crippen LogP contribution is 1.79. The number of carbonyl (C=O) groups excluding carboxylic acids is 1. The zero-order chi connectivity index (χ0) is 9.49. The number of hydrogen-bond donors (Lipinski definition) is 1. The number of quaternary nitrogens is 1. The van der Waals surface area contributed by atoms with Gasteiger partial charge in [0.2, 0.25) is 0 Å². The number of carbonyl (C=O) groups is 1. The van der Waals surface area contributed by atoms with Gasteiger partial charge >= 0.3 is 0 Å². The van der Waals surface area contributed by atoms with Crippen molar-refractivity contribution in [2.45, 2.75) is 19.8 Å². The number of carboxylic acids is 1. The van der Waals surface area contributed by atoms with Crippen molar-refractivity contribution in [1.82, 2.24) is 0 Å². The van der Waals surface area contributed by atoms with Crippen LogP contribution in [-0.2, 0) is 4.79 Å². The summed E-state index contributed by atoms with van der Waals surface area (Å²) < 4.78 is 0. The van der Waals surface area contributed by atoms with Crippen LogP contribution in [-0.4, -0.2) is 37.0 Å². The molecule has 0 amide bonds. The molecule has 0 saturated carbocycles. The number of nitrogens with zero attached hydrogens (tertiary/aromatic N) is 1. The van der Waals surface area contributed by atoms with E-state index in [0.29, 0.717) is 6.42 Å². The van der Waals surface area contributed by atoms with E-state index in [4.69, 9.17) is 5.21 Å². The highest BCUT2D eigenvalue weighted by atomic mass is 16.5. The van der Waals surface area contributed by atoms with Crippen molar-refractivity contribution in [3.63, 3.8) is 0 Å². The standard InChI is InChI=1S/C4H8O2.C3H10NO/c1-2-3-4(5)6;1-4(2,3)5/h2-3H2,1H3,(H,5,6);5H,1-3H3/q;+1/p-1. The Balaban J connectivity index is 0. The molecule has 0 saturated heterocycles. The lowest BCUT2D eigenvalue weighted by molar-refractivity contribution is -1.06. The molecule has 0 heterocycles. The second kappa shape index (κ2) is 6.12. The average Bonchev–Trinajstić information content (AvgIpc) is 1.58. The van der Waals surface area contributed by atoms with Gasteiger partial charge in [0, 0.05) is 5.97 Å². The summed E-state index contributed by atoms with van der Waals surface area (Å²) in [5, 5.41) is 17.9. The Kier molecular flexibility index (Phi) is 7.24. The first kappa shape index (κ1) is 13.0. The van der Waals surface area contributed by atoms with Gasteiger partial charge < -0.3 is 9.90 Å². The van der Waals surface area contributed by atoms with Gasteiger partial charge in [-0.15, -0.1) is 0 Å². The first-order valence-corrected chi connectivity index (χ1v) is 3.51. The van der Waals surface area contributed by atoms with Crippen molar-refractivity contribution >= 4 is 5.97 Å². The highest BCUT2D eigenvalue weighted by Gasteiger charge is 1.92. The number of rotatable bonds is 2. The molecule has 0 bridgehead atoms. The summed E-state index contributed by atoms with van der Waals surface area (Å²) in [6, 6.07) is 0. The van der Waals surface area contributed by atoms with Crippen molar-refractivity contribution in [2.75, 3.05) is 21.1 Å². The predicted molar refractivity (Wildman–Crippen MR) is 39.7 cm³/mol. The summed E-state index contributed by atoms with van der Waals surface area (Å²) in [4.78, 5) is 9.49. The van der Waals surface area contributed by atoms with Crippen LogP contribution in [0.4, 0.5) is 0 Å². The molecule has 0 spiro atoms. The highest BCUT2D eigenvalue weighted by molar-refractivity contribution is 5.63. The molecule has 0 radical (unpaired) electrons. The molecule has 4 nitrogen and oxygen atoms in total. The fraction of sp³-hybridized carbons (Fsp3) is 0.857. The van der Waals surface area contributed by atoms with E-state index in [-0.39, 0.29) is 11.1 Å². The van der Waals surface area contributed by atoms with E-state index in [2.05, 4.69) is 0 Å². The summed E-state index contributed by atoms with van der Waals surface area (Å²) in [5.41, 5.74) is 0. The minimum absolute atomic E-state index is 0. The van der Waals surface area contributed by atoms with E-state index in [1.54, 1.807) is 28.1 Å². The SMILES string of the molecule is CCCC(=O)[O-].C[N+](C)(C)O. The maximum atomic E-state index is 9.49. The molecule has 0 fully saturated rings. The van der Waals surface area contributed by atoms with E-state index < -0.39 is 5.97 Å². The quantitative estimate of drug-likeness (QED) is 0.446. The zero-order valence-corrected chi connectivity index (χ0v) is 7.63. The molecule has 0 aliphatic carbocycles. The lowest BCUT2D eigenvalue weighted by atomic mass is 10.4. The second-order valence-corrected chi connectivity index (χ2v) is 3.06. The van der Waals surface area contributed by atoms with Gasteiger partial charge in [-0.3, -0.25) is 0 Å². The third-order valence-electron chi connectivity index (χ3n) is 0.454. The Labute approximate surface area is 67.6 Å². The lowest BCUT2D eigenvalue weighted by Crippen LogP contribution is -2.28. The molecule has 11 heavy (non-hydrogen) atoms. The third kappa shape index (κ3) is 89.8. The fourth-order valence-corrected chi connectivity index (χ4v) is 0.204. The van der Waals surface area contributed by atoms with Gasteiger partial charge in [-0.05, 0) is 6.42 Å². The van der Waals surface area contributed by atoms with Crippen LogP contribution in [0.3, 0.4) is 0 Å². The molecular weight excluding hydrogens is 146 g/mol. The summed E-state index contributed by atoms with van der Waals surface area (Å²) in [6.45, 7) is 1.80. The molecule has 0 aromatic heterocycles. The van der Waals surface area contributed by atoms with Gasteiger partial charge in [-0.25, -0.2) is 5.21 Å². The largest absolute Gasteiger partial charge is 0.550 e. The van der Waals surface area contributed by atoms with Crippen LogP contribution in [0, 0.1) is 0 Å². The summed E-state index contributed by atoms with van der Waals surface area (Å²) in [6.07, 6.45) is 0.850. The fourth-order valence-electron chi connectivity index (χ4n) is 0.204. The minimum Gasteiger partial charge on any atom is -0.550 e. The maximum Gasteiger partial charge on any atom is 0.0979 e. The number of hydrogen-bond acceptors (Lipinski definition) is 3. The first-order valence-electron chi connectivity index (χ1n) is 3.51. The van der Waals surface area contributed by atoms with Crippen molar-refractivity contribution in [3.8, 4) is 0 Å². The molecule has 0 aliphatic heterocycles. The van der Waals surface area contributed by atoms with Crippen LogP contribution in [0.1, 0.15) is 19.8 Å². The normalized spacial score (nSPS) is 9.91. The van der Waals surface area contributed by atoms with Crippen molar-refractivity contribution < 1.29 is 19.8 Å². The van der Waals surface area contributed by atoms with Crippen molar-refractivity contribution in [3.05, 3.63) is 0 Å². The van der Waals surface area contributed by atoms with Gasteiger partial charge in [0.15, 0.2) is 0 Å². The molecular formula is C7H17NO3. The van der Waals surface area contributed by atoms with Gasteiger partial charge in [0.1, 0.15) is 0 Å². The van der Waals surface area contributed by atoms with Crippen molar-refractivity contribution in [1.29, 1.82) is 0 Å². The van der Waals surface area contributed by atoms with Gasteiger partial charge in [0.25, 0.3) is 0 Å². The van der Waals surface area contributed by atoms with Crippen molar-refractivity contribution in [2.24, 2.45) is 0 Å². The summed E-state index contributed by atoms with van der Waals surface area (Å²) >= 11 is 0. The first-order chi connectivity index (χ1) is 4.77. The van der Waals surface area contributed by atoms with Crippen LogP contribution in [0.15, 0.2) is 0 Å². The van der Waals surface area contributed by atoms with Gasteiger partial charge in [-0.1, -0.05) is 13.3 Å². The molecule has 1 N–H and O–H groups in total. The summed E-state index contributed by atoms with van der Waals surface area (Å²) in [5.74, 6) is -0.961. The van der Waals surface area contributed by atoms with Crippen LogP contribution in [0.5, 0.6) is 0 Å². The Bertz CT molecular complexity index is 101. The third-order valence-corrected chi connectivity index (χ3v) is 0.454. The van der Waals surface area contributed by atoms with Crippen LogP contribution < -0.4 is 5.11 Å². The van der Waals surface area contributed by atoms with E-state index >= 15 is 0 Å². The number of hydroxylamine groups is 3. The zero-order valence-electron chi connectivity index (χ0n) is 7.63. The van der Waals surface area contributed by atoms with E-state index in [1.807, 2.05) is 0 Å². The molecule has 0 rings (SSSR count). The minimum atomic E-state index is -0.961. The van der Waals surface area contributed by atoms with Crippen LogP contribution in [0.25, 0.3) is 0 Å². The predicted octanol–water partition coefficient (Wildman–Crippen LogP) is -0.382. The lowest BCUT2D eigenvalue weighted by Gasteiger charge is -2.09. The van der Waals surface area contributed by atoms with Gasteiger partial charge in [0.05, 0.1) is 21.1 Å². The Hall–Kier alpha value is -0.610. The molecule has 0 aromatic rings. The molecule has 0 aliphatic rings. The van der Waals surface area contributed by atoms with E-state index in [0.717, 1.165) is 0 Å². The Morgan fingerprint density at radius 3 is 1.73 bits per heavy atom. The van der Waals surface area contributed by atoms with Crippen LogP contribution in [0.2, 0.25) is 0 Å². The number of carboxylic acid groups (broad SMARTS) is 1. The molecule has 0 atom stereocenters. The molecule has 0 unspecified atom stereocenters. The van der Waals surface area contributed by atoms with Gasteiger partial charge in [-0.2, -0.15) is 4.65 Å².